The van der Waals surface area contributed by atoms with Gasteiger partial charge in [-0.3, -0.25) is 4.79 Å². The highest BCUT2D eigenvalue weighted by Gasteiger charge is 2.28. The summed E-state index contributed by atoms with van der Waals surface area (Å²) in [4.78, 5) is 14.1. The highest BCUT2D eigenvalue weighted by atomic mass is 35.5. The van der Waals surface area contributed by atoms with Crippen LogP contribution in [-0.2, 0) is 11.2 Å². The van der Waals surface area contributed by atoms with Crippen LogP contribution < -0.4 is 5.32 Å². The summed E-state index contributed by atoms with van der Waals surface area (Å²) in [5.74, 6) is -0.463. The Labute approximate surface area is 129 Å². The maximum Gasteiger partial charge on any atom is 0.227 e. The van der Waals surface area contributed by atoms with E-state index in [9.17, 15) is 9.18 Å². The molecule has 1 amide bonds. The van der Waals surface area contributed by atoms with Crippen LogP contribution in [0.15, 0.2) is 18.2 Å². The van der Waals surface area contributed by atoms with E-state index in [0.29, 0.717) is 10.6 Å². The molecular weight excluding hydrogens is 302 g/mol. The van der Waals surface area contributed by atoms with Crippen molar-refractivity contribution in [2.45, 2.75) is 25.3 Å². The molecule has 1 heterocycles. The van der Waals surface area contributed by atoms with Crippen LogP contribution in [0.3, 0.4) is 0 Å². The van der Waals surface area contributed by atoms with E-state index in [1.54, 1.807) is 12.1 Å². The first kappa shape index (κ1) is 17.2. The molecule has 6 heteroatoms. The van der Waals surface area contributed by atoms with Gasteiger partial charge < -0.3 is 10.2 Å². The van der Waals surface area contributed by atoms with Gasteiger partial charge in [0.1, 0.15) is 5.82 Å². The summed E-state index contributed by atoms with van der Waals surface area (Å²) in [5, 5.41) is 3.40. The van der Waals surface area contributed by atoms with E-state index in [4.69, 9.17) is 11.6 Å². The summed E-state index contributed by atoms with van der Waals surface area (Å²) in [6, 6.07) is 4.71. The maximum absolute atomic E-state index is 13.7. The molecule has 1 saturated heterocycles. The molecule has 1 aliphatic rings. The van der Waals surface area contributed by atoms with Crippen molar-refractivity contribution in [1.29, 1.82) is 0 Å². The number of likely N-dealkylation sites (N-methyl/N-ethyl adjacent to an activating group) is 1. The zero-order valence-corrected chi connectivity index (χ0v) is 12.9. The second-order valence-corrected chi connectivity index (χ2v) is 5.23. The molecule has 0 aliphatic carbocycles. The number of carbonyl (C=O) groups is 1. The number of amides is 1. The number of likely N-dealkylation sites (tertiary alicyclic amines) is 1. The Morgan fingerprint density at radius 2 is 2.30 bits per heavy atom. The quantitative estimate of drug-likeness (QED) is 0.925. The van der Waals surface area contributed by atoms with Gasteiger partial charge in [-0.25, -0.2) is 4.39 Å². The average molecular weight is 321 g/mol. The number of nitrogens with zero attached hydrogens (tertiary/aromatic N) is 1. The molecule has 0 saturated carbocycles. The van der Waals surface area contributed by atoms with Crippen molar-refractivity contribution in [3.8, 4) is 0 Å². The molecule has 2 rings (SSSR count). The molecule has 0 spiro atoms. The van der Waals surface area contributed by atoms with Crippen molar-refractivity contribution in [2.75, 3.05) is 20.1 Å². The zero-order valence-electron chi connectivity index (χ0n) is 11.4. The standard InChI is InChI=1S/C14H18ClFN2O.ClH/c1-17-9-10-4-3-7-18(10)14(19)8-11-12(15)5-2-6-13(11)16;/h2,5-6,10,17H,3-4,7-9H2,1H3;1H. The van der Waals surface area contributed by atoms with Gasteiger partial charge >= 0.3 is 0 Å². The molecule has 0 radical (unpaired) electrons. The van der Waals surface area contributed by atoms with E-state index < -0.39 is 5.82 Å². The van der Waals surface area contributed by atoms with Gasteiger partial charge in [0.2, 0.25) is 5.91 Å². The third kappa shape index (κ3) is 3.84. The second-order valence-electron chi connectivity index (χ2n) is 4.82. The first-order chi connectivity index (χ1) is 9.13. The lowest BCUT2D eigenvalue weighted by atomic mass is 10.1. The number of hydrogen-bond donors (Lipinski definition) is 1. The van der Waals surface area contributed by atoms with Crippen molar-refractivity contribution < 1.29 is 9.18 Å². The molecule has 1 unspecified atom stereocenters. The Morgan fingerprint density at radius 3 is 2.95 bits per heavy atom. The van der Waals surface area contributed by atoms with Gasteiger partial charge in [0, 0.05) is 29.7 Å². The van der Waals surface area contributed by atoms with E-state index in [1.807, 2.05) is 11.9 Å². The largest absolute Gasteiger partial charge is 0.338 e. The second kappa shape index (κ2) is 7.81. The van der Waals surface area contributed by atoms with E-state index >= 15 is 0 Å². The summed E-state index contributed by atoms with van der Waals surface area (Å²) in [7, 11) is 1.87. The fourth-order valence-electron chi connectivity index (χ4n) is 2.57. The fraction of sp³-hybridized carbons (Fsp3) is 0.500. The number of hydrogen-bond acceptors (Lipinski definition) is 2. The van der Waals surface area contributed by atoms with Crippen LogP contribution in [0.2, 0.25) is 5.02 Å². The minimum Gasteiger partial charge on any atom is -0.338 e. The van der Waals surface area contributed by atoms with E-state index in [-0.39, 0.29) is 30.8 Å². The fourth-order valence-corrected chi connectivity index (χ4v) is 2.80. The van der Waals surface area contributed by atoms with Crippen molar-refractivity contribution in [2.24, 2.45) is 0 Å². The molecule has 1 fully saturated rings. The van der Waals surface area contributed by atoms with Crippen LogP contribution in [0.4, 0.5) is 4.39 Å². The van der Waals surface area contributed by atoms with Gasteiger partial charge in [0.05, 0.1) is 6.42 Å². The van der Waals surface area contributed by atoms with E-state index in [0.717, 1.165) is 25.9 Å². The normalized spacial score (nSPS) is 17.9. The van der Waals surface area contributed by atoms with E-state index in [1.165, 1.54) is 6.07 Å². The monoisotopic (exact) mass is 320 g/mol. The number of benzene rings is 1. The minimum atomic E-state index is -0.412. The zero-order chi connectivity index (χ0) is 13.8. The molecule has 1 atom stereocenters. The summed E-state index contributed by atoms with van der Waals surface area (Å²) in [6.45, 7) is 1.52. The Balaban J connectivity index is 0.00000200. The summed E-state index contributed by atoms with van der Waals surface area (Å²) >= 11 is 5.95. The van der Waals surface area contributed by atoms with Crippen molar-refractivity contribution in [3.05, 3.63) is 34.6 Å². The van der Waals surface area contributed by atoms with Crippen molar-refractivity contribution >= 4 is 29.9 Å². The lowest BCUT2D eigenvalue weighted by Crippen LogP contribution is -2.41. The predicted molar refractivity (Wildman–Crippen MR) is 81.0 cm³/mol. The molecule has 0 aromatic heterocycles. The summed E-state index contributed by atoms with van der Waals surface area (Å²) in [5.41, 5.74) is 0.296. The third-order valence-electron chi connectivity index (χ3n) is 3.53. The first-order valence-corrected chi connectivity index (χ1v) is 6.88. The third-order valence-corrected chi connectivity index (χ3v) is 3.88. The van der Waals surface area contributed by atoms with Gasteiger partial charge in [-0.05, 0) is 32.0 Å². The molecule has 1 N–H and O–H groups in total. The average Bonchev–Trinajstić information content (AvgIpc) is 2.83. The van der Waals surface area contributed by atoms with Gasteiger partial charge in [0.25, 0.3) is 0 Å². The molecule has 20 heavy (non-hydrogen) atoms. The predicted octanol–water partition coefficient (Wildman–Crippen LogP) is 2.65. The Hall–Kier alpha value is -0.840. The highest BCUT2D eigenvalue weighted by Crippen LogP contribution is 2.23. The van der Waals surface area contributed by atoms with Crippen LogP contribution in [-0.4, -0.2) is 37.0 Å². The lowest BCUT2D eigenvalue weighted by molar-refractivity contribution is -0.131. The van der Waals surface area contributed by atoms with Gasteiger partial charge in [0.15, 0.2) is 0 Å². The van der Waals surface area contributed by atoms with Crippen LogP contribution in [0.25, 0.3) is 0 Å². The molecular formula is C14H19Cl2FN2O. The topological polar surface area (TPSA) is 32.3 Å². The van der Waals surface area contributed by atoms with Crippen molar-refractivity contribution in [3.63, 3.8) is 0 Å². The van der Waals surface area contributed by atoms with E-state index in [2.05, 4.69) is 5.32 Å². The number of nitrogens with one attached hydrogen (secondary N) is 1. The summed E-state index contributed by atoms with van der Waals surface area (Å²) < 4.78 is 13.7. The number of carbonyl (C=O) groups excluding carboxylic acids is 1. The van der Waals surface area contributed by atoms with Crippen LogP contribution in [0.1, 0.15) is 18.4 Å². The summed E-state index contributed by atoms with van der Waals surface area (Å²) in [6.07, 6.45) is 2.03. The van der Waals surface area contributed by atoms with Crippen LogP contribution in [0.5, 0.6) is 0 Å². The number of halogens is 3. The SMILES string of the molecule is CNCC1CCCN1C(=O)Cc1c(F)cccc1Cl.Cl. The molecule has 0 bridgehead atoms. The molecule has 112 valence electrons. The minimum absolute atomic E-state index is 0. The molecule has 1 aromatic carbocycles. The van der Waals surface area contributed by atoms with Gasteiger partial charge in [-0.1, -0.05) is 17.7 Å². The van der Waals surface area contributed by atoms with Gasteiger partial charge in [-0.15, -0.1) is 12.4 Å². The van der Waals surface area contributed by atoms with Crippen molar-refractivity contribution in [1.82, 2.24) is 10.2 Å². The lowest BCUT2D eigenvalue weighted by Gasteiger charge is -2.24. The molecule has 1 aliphatic heterocycles. The van der Waals surface area contributed by atoms with Crippen LogP contribution >= 0.6 is 24.0 Å². The Bertz CT molecular complexity index is 450. The molecule has 3 nitrogen and oxygen atoms in total. The first-order valence-electron chi connectivity index (χ1n) is 6.50. The Kier molecular flexibility index (Phi) is 6.72. The molecule has 1 aromatic rings. The highest BCUT2D eigenvalue weighted by molar-refractivity contribution is 6.31. The van der Waals surface area contributed by atoms with Gasteiger partial charge in [-0.2, -0.15) is 0 Å². The van der Waals surface area contributed by atoms with Crippen LogP contribution in [0, 0.1) is 5.82 Å². The Morgan fingerprint density at radius 1 is 1.55 bits per heavy atom. The number of rotatable bonds is 4. The maximum atomic E-state index is 13.7. The smallest absolute Gasteiger partial charge is 0.227 e.